The van der Waals surface area contributed by atoms with Gasteiger partial charge in [-0.2, -0.15) is 4.31 Å². The van der Waals surface area contributed by atoms with E-state index in [9.17, 15) is 13.2 Å². The summed E-state index contributed by atoms with van der Waals surface area (Å²) in [6.07, 6.45) is 0. The van der Waals surface area contributed by atoms with Gasteiger partial charge < -0.3 is 11.5 Å². The second-order valence-corrected chi connectivity index (χ2v) is 7.02. The molecular weight excluding hydrogens is 266 g/mol. The lowest BCUT2D eigenvalue weighted by Crippen LogP contribution is -2.41. The van der Waals surface area contributed by atoms with Crippen molar-refractivity contribution in [2.75, 3.05) is 12.3 Å². The number of nitrogens with zero attached hydrogens (tertiary/aromatic N) is 1. The summed E-state index contributed by atoms with van der Waals surface area (Å²) in [6.45, 7) is 2.79. The molecule has 0 aliphatic heterocycles. The quantitative estimate of drug-likeness (QED) is 0.733. The van der Waals surface area contributed by atoms with Crippen LogP contribution in [0.25, 0.3) is 0 Å². The van der Waals surface area contributed by atoms with E-state index in [1.54, 1.807) is 38.1 Å². The molecule has 7 heteroatoms. The van der Waals surface area contributed by atoms with E-state index in [0.29, 0.717) is 11.3 Å². The Kier molecular flexibility index (Phi) is 4.90. The van der Waals surface area contributed by atoms with Crippen molar-refractivity contribution in [3.05, 3.63) is 29.8 Å². The van der Waals surface area contributed by atoms with Crippen LogP contribution in [0.15, 0.2) is 24.3 Å². The maximum absolute atomic E-state index is 12.2. The summed E-state index contributed by atoms with van der Waals surface area (Å²) in [6, 6.07) is 6.92. The van der Waals surface area contributed by atoms with Crippen molar-refractivity contribution < 1.29 is 13.2 Å². The highest BCUT2D eigenvalue weighted by molar-refractivity contribution is 7.89. The number of carbonyl (C=O) groups excluding carboxylic acids is 1. The van der Waals surface area contributed by atoms with Gasteiger partial charge in [-0.1, -0.05) is 18.2 Å². The molecule has 0 atom stereocenters. The number of amides is 1. The smallest absolute Gasteiger partial charge is 0.232 e. The molecule has 1 aromatic carbocycles. The van der Waals surface area contributed by atoms with Gasteiger partial charge in [0.1, 0.15) is 0 Å². The number of hydrogen-bond donors (Lipinski definition) is 2. The molecule has 1 rings (SSSR count). The fraction of sp³-hybridized carbons (Fsp3) is 0.417. The zero-order valence-corrected chi connectivity index (χ0v) is 11.9. The Bertz CT molecular complexity index is 555. The maximum Gasteiger partial charge on any atom is 0.232 e. The molecule has 0 aliphatic carbocycles. The van der Waals surface area contributed by atoms with Gasteiger partial charge in [0.15, 0.2) is 0 Å². The minimum atomic E-state index is -3.57. The van der Waals surface area contributed by atoms with Crippen molar-refractivity contribution >= 4 is 21.6 Å². The summed E-state index contributed by atoms with van der Waals surface area (Å²) in [7, 11) is -3.57. The van der Waals surface area contributed by atoms with Gasteiger partial charge >= 0.3 is 0 Å². The third-order valence-corrected chi connectivity index (χ3v) is 4.86. The van der Waals surface area contributed by atoms with Gasteiger partial charge in [0, 0.05) is 12.2 Å². The summed E-state index contributed by atoms with van der Waals surface area (Å²) < 4.78 is 25.4. The average molecular weight is 285 g/mol. The molecule has 106 valence electrons. The molecule has 0 aromatic heterocycles. The van der Waals surface area contributed by atoms with E-state index in [1.807, 2.05) is 0 Å². The van der Waals surface area contributed by atoms with Crippen molar-refractivity contribution in [1.29, 1.82) is 0 Å². The molecule has 0 bridgehead atoms. The number of rotatable bonds is 6. The summed E-state index contributed by atoms with van der Waals surface area (Å²) in [5.41, 5.74) is 12.0. The zero-order chi connectivity index (χ0) is 14.6. The van der Waals surface area contributed by atoms with Crippen LogP contribution in [0.2, 0.25) is 0 Å². The van der Waals surface area contributed by atoms with Gasteiger partial charge in [-0.05, 0) is 25.5 Å². The standard InChI is InChI=1S/C12H19N3O3S/c1-9(2)19(17,18)15(8-12(14)16)7-10-5-3-4-6-11(10)13/h3-6,9H,7-8,13H2,1-2H3,(H2,14,16). The second kappa shape index (κ2) is 6.03. The van der Waals surface area contributed by atoms with E-state index in [1.165, 1.54) is 0 Å². The zero-order valence-electron chi connectivity index (χ0n) is 11.0. The third kappa shape index (κ3) is 3.93. The highest BCUT2D eigenvalue weighted by atomic mass is 32.2. The van der Waals surface area contributed by atoms with Crippen molar-refractivity contribution in [3.8, 4) is 0 Å². The molecule has 0 saturated heterocycles. The van der Waals surface area contributed by atoms with Gasteiger partial charge in [-0.3, -0.25) is 4.79 Å². The molecule has 0 fully saturated rings. The van der Waals surface area contributed by atoms with Crippen LogP contribution in [-0.4, -0.2) is 30.4 Å². The molecule has 0 spiro atoms. The normalized spacial score (nSPS) is 12.0. The molecule has 4 N–H and O–H groups in total. The highest BCUT2D eigenvalue weighted by Gasteiger charge is 2.27. The van der Waals surface area contributed by atoms with E-state index in [-0.39, 0.29) is 13.1 Å². The van der Waals surface area contributed by atoms with Crippen LogP contribution < -0.4 is 11.5 Å². The first kappa shape index (κ1) is 15.5. The van der Waals surface area contributed by atoms with Crippen molar-refractivity contribution in [1.82, 2.24) is 4.31 Å². The highest BCUT2D eigenvalue weighted by Crippen LogP contribution is 2.17. The van der Waals surface area contributed by atoms with Crippen molar-refractivity contribution in [2.24, 2.45) is 5.73 Å². The number of nitrogen functional groups attached to an aromatic ring is 1. The monoisotopic (exact) mass is 285 g/mol. The van der Waals surface area contributed by atoms with Crippen LogP contribution >= 0.6 is 0 Å². The number of para-hydroxylation sites is 1. The molecule has 19 heavy (non-hydrogen) atoms. The van der Waals surface area contributed by atoms with Gasteiger partial charge in [-0.25, -0.2) is 8.42 Å². The molecule has 1 amide bonds. The number of benzene rings is 1. The molecule has 6 nitrogen and oxygen atoms in total. The molecule has 0 aliphatic rings. The average Bonchev–Trinajstić information content (AvgIpc) is 2.30. The number of nitrogens with two attached hydrogens (primary N) is 2. The maximum atomic E-state index is 12.2. The Labute approximate surface area is 113 Å². The van der Waals surface area contributed by atoms with Crippen LogP contribution in [0, 0.1) is 0 Å². The SMILES string of the molecule is CC(C)S(=O)(=O)N(CC(N)=O)Cc1ccccc1N. The lowest BCUT2D eigenvalue weighted by Gasteiger charge is -2.23. The van der Waals surface area contributed by atoms with Crippen LogP contribution in [0.1, 0.15) is 19.4 Å². The molecule has 0 heterocycles. The Morgan fingerprint density at radius 1 is 1.32 bits per heavy atom. The van der Waals surface area contributed by atoms with Crippen LogP contribution in [0.5, 0.6) is 0 Å². The van der Waals surface area contributed by atoms with Crippen LogP contribution in [0.3, 0.4) is 0 Å². The fourth-order valence-electron chi connectivity index (χ4n) is 1.58. The fourth-order valence-corrected chi connectivity index (χ4v) is 2.80. The van der Waals surface area contributed by atoms with Crippen LogP contribution in [0.4, 0.5) is 5.69 Å². The van der Waals surface area contributed by atoms with E-state index >= 15 is 0 Å². The van der Waals surface area contributed by atoms with Crippen molar-refractivity contribution in [2.45, 2.75) is 25.6 Å². The Balaban J connectivity index is 3.07. The first-order chi connectivity index (χ1) is 8.75. The Morgan fingerprint density at radius 3 is 2.37 bits per heavy atom. The lowest BCUT2D eigenvalue weighted by atomic mass is 10.2. The number of hydrogen-bond acceptors (Lipinski definition) is 4. The Morgan fingerprint density at radius 2 is 1.89 bits per heavy atom. The largest absolute Gasteiger partial charge is 0.398 e. The number of primary amides is 1. The number of sulfonamides is 1. The van der Waals surface area contributed by atoms with E-state index in [0.717, 1.165) is 4.31 Å². The molecule has 1 aromatic rings. The summed E-state index contributed by atoms with van der Waals surface area (Å²) in [4.78, 5) is 11.0. The lowest BCUT2D eigenvalue weighted by molar-refractivity contribution is -0.118. The van der Waals surface area contributed by atoms with Gasteiger partial charge in [0.25, 0.3) is 0 Å². The van der Waals surface area contributed by atoms with Gasteiger partial charge in [0.2, 0.25) is 15.9 Å². The Hall–Kier alpha value is -1.60. The van der Waals surface area contributed by atoms with Gasteiger partial charge in [-0.15, -0.1) is 0 Å². The number of carbonyl (C=O) groups is 1. The molecule has 0 unspecified atom stereocenters. The minimum absolute atomic E-state index is 0.0378. The molecule has 0 saturated carbocycles. The number of anilines is 1. The predicted octanol–water partition coefficient (Wildman–Crippen LogP) is 0.294. The summed E-state index contributed by atoms with van der Waals surface area (Å²) in [5.74, 6) is -0.696. The van der Waals surface area contributed by atoms with Crippen LogP contribution in [-0.2, 0) is 21.4 Å². The minimum Gasteiger partial charge on any atom is -0.398 e. The van der Waals surface area contributed by atoms with E-state index in [2.05, 4.69) is 0 Å². The molecular formula is C12H19N3O3S. The second-order valence-electron chi connectivity index (χ2n) is 4.53. The first-order valence-corrected chi connectivity index (χ1v) is 7.36. The summed E-state index contributed by atoms with van der Waals surface area (Å²) in [5, 5.41) is -0.628. The topological polar surface area (TPSA) is 106 Å². The third-order valence-electron chi connectivity index (χ3n) is 2.69. The first-order valence-electron chi connectivity index (χ1n) is 5.85. The molecule has 0 radical (unpaired) electrons. The summed E-state index contributed by atoms with van der Waals surface area (Å²) >= 11 is 0. The van der Waals surface area contributed by atoms with E-state index < -0.39 is 21.2 Å². The van der Waals surface area contributed by atoms with E-state index in [4.69, 9.17) is 11.5 Å². The van der Waals surface area contributed by atoms with Crippen molar-refractivity contribution in [3.63, 3.8) is 0 Å². The predicted molar refractivity (Wildman–Crippen MR) is 74.5 cm³/mol. The van der Waals surface area contributed by atoms with Gasteiger partial charge in [0.05, 0.1) is 11.8 Å².